The molecule has 0 aliphatic heterocycles. The first kappa shape index (κ1) is 57.1. The standard InChI is InChI=1S/C54H94O6/c1-4-7-10-13-16-19-22-25-27-28-30-32-35-38-41-44-47-53(56)59-50-51(49-58-52(55)46-43-40-37-34-31-24-21-18-15-12-9-6-3)60-54(57)48-45-42-39-36-33-29-26-23-20-17-14-11-8-5-2/h7,9-10,12,16,18-19,21,25,27,51H,4-6,8,11,13-15,17,20,22-24,26,28-50H2,1-3H3/b10-7-,12-9-,19-16-,21-18-,27-25-. The van der Waals surface area contributed by atoms with Crippen molar-refractivity contribution in [3.63, 3.8) is 0 Å². The minimum atomic E-state index is -0.782. The predicted octanol–water partition coefficient (Wildman–Crippen LogP) is 16.5. The number of esters is 3. The molecular formula is C54H94O6. The highest BCUT2D eigenvalue weighted by molar-refractivity contribution is 5.71. The molecule has 0 aliphatic rings. The van der Waals surface area contributed by atoms with Crippen molar-refractivity contribution >= 4 is 17.9 Å². The average molecular weight is 839 g/mol. The monoisotopic (exact) mass is 839 g/mol. The molecule has 1 atom stereocenters. The Morgan fingerprint density at radius 3 is 1.02 bits per heavy atom. The predicted molar refractivity (Wildman–Crippen MR) is 256 cm³/mol. The lowest BCUT2D eigenvalue weighted by atomic mass is 10.0. The van der Waals surface area contributed by atoms with E-state index < -0.39 is 6.10 Å². The lowest BCUT2D eigenvalue weighted by Crippen LogP contribution is -2.30. The largest absolute Gasteiger partial charge is 0.462 e. The van der Waals surface area contributed by atoms with Gasteiger partial charge < -0.3 is 14.2 Å². The van der Waals surface area contributed by atoms with Crippen LogP contribution in [-0.2, 0) is 28.6 Å². The smallest absolute Gasteiger partial charge is 0.306 e. The van der Waals surface area contributed by atoms with Crippen LogP contribution in [0.4, 0.5) is 0 Å². The second kappa shape index (κ2) is 48.8. The third kappa shape index (κ3) is 46.2. The summed E-state index contributed by atoms with van der Waals surface area (Å²) in [6.45, 7) is 6.40. The first-order chi connectivity index (χ1) is 29.5. The molecule has 0 bridgehead atoms. The molecule has 0 aromatic rings. The highest BCUT2D eigenvalue weighted by atomic mass is 16.6. The van der Waals surface area contributed by atoms with Crippen molar-refractivity contribution < 1.29 is 28.6 Å². The van der Waals surface area contributed by atoms with E-state index in [1.807, 2.05) is 0 Å². The molecule has 0 saturated heterocycles. The molecule has 1 unspecified atom stereocenters. The van der Waals surface area contributed by atoms with Crippen molar-refractivity contribution in [3.05, 3.63) is 60.8 Å². The molecule has 0 aromatic carbocycles. The molecule has 6 heteroatoms. The second-order valence-corrected chi connectivity index (χ2v) is 16.7. The molecule has 0 amide bonds. The molecule has 0 rings (SSSR count). The van der Waals surface area contributed by atoms with Gasteiger partial charge in [0.25, 0.3) is 0 Å². The topological polar surface area (TPSA) is 78.9 Å². The Labute approximate surface area is 370 Å². The van der Waals surface area contributed by atoms with E-state index in [2.05, 4.69) is 81.5 Å². The fraction of sp³-hybridized carbons (Fsp3) is 0.759. The van der Waals surface area contributed by atoms with E-state index in [1.165, 1.54) is 89.9 Å². The Hall–Kier alpha value is -2.89. The molecule has 0 aliphatic carbocycles. The molecule has 0 radical (unpaired) electrons. The van der Waals surface area contributed by atoms with Crippen LogP contribution in [0.3, 0.4) is 0 Å². The lowest BCUT2D eigenvalue weighted by Gasteiger charge is -2.18. The highest BCUT2D eigenvalue weighted by Gasteiger charge is 2.19. The summed E-state index contributed by atoms with van der Waals surface area (Å²) in [7, 11) is 0. The molecule has 60 heavy (non-hydrogen) atoms. The molecule has 0 aromatic heterocycles. The summed E-state index contributed by atoms with van der Waals surface area (Å²) in [5.74, 6) is -0.906. The van der Waals surface area contributed by atoms with Gasteiger partial charge in [-0.15, -0.1) is 0 Å². The van der Waals surface area contributed by atoms with Gasteiger partial charge in [0.1, 0.15) is 13.2 Å². The third-order valence-corrected chi connectivity index (χ3v) is 10.8. The number of unbranched alkanes of at least 4 members (excludes halogenated alkanes) is 24. The molecule has 0 fully saturated rings. The molecule has 0 saturated carbocycles. The molecule has 0 heterocycles. The van der Waals surface area contributed by atoms with Crippen molar-refractivity contribution in [2.45, 2.75) is 252 Å². The van der Waals surface area contributed by atoms with Gasteiger partial charge in [-0.05, 0) is 77.0 Å². The Bertz CT molecular complexity index is 1100. The SMILES string of the molecule is CC/C=C\C/C=C\C/C=C\CCCCCCCCC(=O)OCC(COC(=O)CCCCCCC/C=C\C/C=C\CC)OC(=O)CCCCCCCCCCCCCCCC. The van der Waals surface area contributed by atoms with E-state index in [9.17, 15) is 14.4 Å². The Kier molecular flexibility index (Phi) is 46.4. The Balaban J connectivity index is 4.39. The minimum Gasteiger partial charge on any atom is -0.462 e. The van der Waals surface area contributed by atoms with Gasteiger partial charge in [-0.2, -0.15) is 0 Å². The fourth-order valence-electron chi connectivity index (χ4n) is 7.02. The van der Waals surface area contributed by atoms with Crippen LogP contribution >= 0.6 is 0 Å². The molecule has 0 N–H and O–H groups in total. The molecule has 6 nitrogen and oxygen atoms in total. The van der Waals surface area contributed by atoms with Crippen molar-refractivity contribution in [2.24, 2.45) is 0 Å². The number of allylic oxidation sites excluding steroid dienone is 10. The molecule has 346 valence electrons. The van der Waals surface area contributed by atoms with Gasteiger partial charge in [-0.3, -0.25) is 14.4 Å². The van der Waals surface area contributed by atoms with Crippen LogP contribution in [0.1, 0.15) is 245 Å². The van der Waals surface area contributed by atoms with E-state index in [0.29, 0.717) is 19.3 Å². The highest BCUT2D eigenvalue weighted by Crippen LogP contribution is 2.15. The number of hydrogen-bond acceptors (Lipinski definition) is 6. The van der Waals surface area contributed by atoms with E-state index in [0.717, 1.165) is 116 Å². The quantitative estimate of drug-likeness (QED) is 0.0263. The van der Waals surface area contributed by atoms with Gasteiger partial charge in [0.2, 0.25) is 0 Å². The van der Waals surface area contributed by atoms with Crippen LogP contribution in [-0.4, -0.2) is 37.2 Å². The number of ether oxygens (including phenoxy) is 3. The second-order valence-electron chi connectivity index (χ2n) is 16.7. The normalized spacial score (nSPS) is 12.5. The summed E-state index contributed by atoms with van der Waals surface area (Å²) in [5, 5.41) is 0. The van der Waals surface area contributed by atoms with Crippen LogP contribution in [0.15, 0.2) is 60.8 Å². The maximum absolute atomic E-state index is 12.8. The van der Waals surface area contributed by atoms with Crippen LogP contribution in [0.25, 0.3) is 0 Å². The van der Waals surface area contributed by atoms with Crippen molar-refractivity contribution in [3.8, 4) is 0 Å². The fourth-order valence-corrected chi connectivity index (χ4v) is 7.02. The number of hydrogen-bond donors (Lipinski definition) is 0. The lowest BCUT2D eigenvalue weighted by molar-refractivity contribution is -0.167. The molecular weight excluding hydrogens is 745 g/mol. The van der Waals surface area contributed by atoms with Gasteiger partial charge >= 0.3 is 17.9 Å². The van der Waals surface area contributed by atoms with Crippen LogP contribution in [0.2, 0.25) is 0 Å². The zero-order valence-electron chi connectivity index (χ0n) is 39.5. The van der Waals surface area contributed by atoms with Crippen LogP contribution in [0.5, 0.6) is 0 Å². The van der Waals surface area contributed by atoms with Gasteiger partial charge in [0.05, 0.1) is 0 Å². The first-order valence-corrected chi connectivity index (χ1v) is 25.3. The summed E-state index contributed by atoms with van der Waals surface area (Å²) in [5.41, 5.74) is 0. The van der Waals surface area contributed by atoms with Crippen LogP contribution < -0.4 is 0 Å². The van der Waals surface area contributed by atoms with Crippen LogP contribution in [0, 0.1) is 0 Å². The van der Waals surface area contributed by atoms with Crippen molar-refractivity contribution in [1.82, 2.24) is 0 Å². The van der Waals surface area contributed by atoms with Gasteiger partial charge in [0.15, 0.2) is 6.10 Å². The van der Waals surface area contributed by atoms with Gasteiger partial charge in [0, 0.05) is 19.3 Å². The molecule has 0 spiro atoms. The average Bonchev–Trinajstić information content (AvgIpc) is 3.24. The Morgan fingerprint density at radius 1 is 0.350 bits per heavy atom. The Morgan fingerprint density at radius 2 is 0.650 bits per heavy atom. The van der Waals surface area contributed by atoms with Gasteiger partial charge in [-0.25, -0.2) is 0 Å². The number of rotatable bonds is 45. The van der Waals surface area contributed by atoms with Crippen molar-refractivity contribution in [1.29, 1.82) is 0 Å². The van der Waals surface area contributed by atoms with E-state index in [1.54, 1.807) is 0 Å². The third-order valence-electron chi connectivity index (χ3n) is 10.8. The summed E-state index contributed by atoms with van der Waals surface area (Å²) < 4.78 is 16.8. The first-order valence-electron chi connectivity index (χ1n) is 25.3. The zero-order valence-corrected chi connectivity index (χ0v) is 39.5. The van der Waals surface area contributed by atoms with Crippen molar-refractivity contribution in [2.75, 3.05) is 13.2 Å². The minimum absolute atomic E-state index is 0.0842. The summed E-state index contributed by atoms with van der Waals surface area (Å²) in [6, 6.07) is 0. The van der Waals surface area contributed by atoms with E-state index >= 15 is 0 Å². The van der Waals surface area contributed by atoms with E-state index in [-0.39, 0.29) is 31.1 Å². The maximum atomic E-state index is 12.8. The van der Waals surface area contributed by atoms with E-state index in [4.69, 9.17) is 14.2 Å². The summed E-state index contributed by atoms with van der Waals surface area (Å²) in [4.78, 5) is 37.9. The number of carbonyl (C=O) groups is 3. The number of carbonyl (C=O) groups excluding carboxylic acids is 3. The summed E-state index contributed by atoms with van der Waals surface area (Å²) >= 11 is 0. The van der Waals surface area contributed by atoms with Gasteiger partial charge in [-0.1, -0.05) is 210 Å². The summed E-state index contributed by atoms with van der Waals surface area (Å²) in [6.07, 6.45) is 59.2. The zero-order chi connectivity index (χ0) is 43.7. The maximum Gasteiger partial charge on any atom is 0.306 e.